The minimum atomic E-state index is -0.417. The molecule has 0 saturated carbocycles. The third-order valence-corrected chi connectivity index (χ3v) is 0. The largest absolute Gasteiger partial charge is 0.373 e. The molecule has 0 aromatic heterocycles. The lowest BCUT2D eigenvalue weighted by atomic mass is 10.5. The zero-order chi connectivity index (χ0) is 8.28. The van der Waals surface area contributed by atoms with E-state index in [1.54, 1.807) is 13.8 Å². The van der Waals surface area contributed by atoms with Crippen molar-refractivity contribution in [3.05, 3.63) is 0 Å². The molecule has 0 aliphatic rings. The van der Waals surface area contributed by atoms with Crippen LogP contribution in [0.4, 0.5) is 0 Å². The first-order valence-electron chi connectivity index (χ1n) is 2.18. The molecule has 0 N–H and O–H groups in total. The summed E-state index contributed by atoms with van der Waals surface area (Å²) in [6.07, 6.45) is 1.31. The molecule has 0 bridgehead atoms. The van der Waals surface area contributed by atoms with Gasteiger partial charge >= 0.3 is 6.15 Å². The lowest BCUT2D eigenvalue weighted by Crippen LogP contribution is -1.81. The van der Waals surface area contributed by atoms with Crippen LogP contribution in [0.3, 0.4) is 0 Å². The van der Waals surface area contributed by atoms with Crippen LogP contribution in [-0.2, 0) is 14.7 Å². The highest BCUT2D eigenvalue weighted by atomic mass is 35.5. The van der Waals surface area contributed by atoms with Crippen molar-refractivity contribution >= 4 is 17.8 Å². The van der Waals surface area contributed by atoms with Gasteiger partial charge in [0.2, 0.25) is 0 Å². The highest BCUT2D eigenvalue weighted by Crippen LogP contribution is 1.67. The summed E-state index contributed by atoms with van der Waals surface area (Å²) in [4.78, 5) is 16.2. The van der Waals surface area contributed by atoms with Crippen molar-refractivity contribution in [2.75, 3.05) is 6.38 Å². The van der Waals surface area contributed by atoms with Gasteiger partial charge in [-0.25, -0.2) is 5.11 Å². The van der Waals surface area contributed by atoms with Crippen molar-refractivity contribution in [2.45, 2.75) is 20.0 Å². The third-order valence-electron chi connectivity index (χ3n) is 0. The molecule has 0 unspecified atom stereocenters. The van der Waals surface area contributed by atoms with Crippen molar-refractivity contribution in [1.29, 1.82) is 0 Å². The van der Waals surface area contributed by atoms with Gasteiger partial charge in [-0.1, -0.05) is 0 Å². The van der Waals surface area contributed by atoms with E-state index in [1.807, 2.05) is 0 Å². The third kappa shape index (κ3) is 1770. The van der Waals surface area contributed by atoms with E-state index in [4.69, 9.17) is 9.59 Å². The lowest BCUT2D eigenvalue weighted by Gasteiger charge is -1.74. The zero-order valence-corrected chi connectivity index (χ0v) is 6.44. The maximum Gasteiger partial charge on any atom is 0.373 e. The van der Waals surface area contributed by atoms with Crippen LogP contribution in [0.25, 0.3) is 0 Å². The van der Waals surface area contributed by atoms with Crippen LogP contribution in [0.15, 0.2) is 0 Å². The number of hydrogen-bond acceptors (Lipinski definition) is 2. The quantitative estimate of drug-likeness (QED) is 0.490. The summed E-state index contributed by atoms with van der Waals surface area (Å²) >= 11 is 4.64. The highest BCUT2D eigenvalue weighted by Gasteiger charge is 1.73. The normalized spacial score (nSPS) is 5.56. The molecule has 9 heavy (non-hydrogen) atoms. The Morgan fingerprint density at radius 3 is 1.22 bits per heavy atom. The Labute approximate surface area is 59.6 Å². The average Bonchev–Trinajstić information content (AvgIpc) is 1.71. The fourth-order valence-corrected chi connectivity index (χ4v) is 0. The number of rotatable bonds is 0. The number of carbonyl (C=O) groups excluding carboxylic acids is 2. The second-order valence-electron chi connectivity index (χ2n) is 1.13. The number of hydrogen-bond donors (Lipinski definition) is 0. The first-order chi connectivity index (χ1) is 4.15. The maximum absolute atomic E-state index is 9.53. The van der Waals surface area contributed by atoms with Gasteiger partial charge in [-0.2, -0.15) is 9.59 Å². The van der Waals surface area contributed by atoms with E-state index in [9.17, 15) is 5.11 Å². The van der Waals surface area contributed by atoms with Crippen LogP contribution in [0.1, 0.15) is 13.8 Å². The van der Waals surface area contributed by atoms with Crippen molar-refractivity contribution in [3.8, 4) is 0 Å². The summed E-state index contributed by atoms with van der Waals surface area (Å²) in [7, 11) is 0. The highest BCUT2D eigenvalue weighted by molar-refractivity contribution is 6.15. The minimum absolute atomic E-state index is 0.250. The molecule has 1 radical (unpaired) electrons. The van der Waals surface area contributed by atoms with E-state index in [2.05, 4.69) is 11.6 Å². The minimum Gasteiger partial charge on any atom is -0.234 e. The smallest absolute Gasteiger partial charge is 0.234 e. The summed E-state index contributed by atoms with van der Waals surface area (Å²) in [5.41, 5.74) is 0. The van der Waals surface area contributed by atoms with E-state index in [-0.39, 0.29) is 6.15 Å². The molecule has 4 heteroatoms. The standard InChI is InChI=1S/C3H7O.CH3Cl.CO2/c1-3(2)4;1-2;2-1-3/h3H,1-2H3;1H3;. The van der Waals surface area contributed by atoms with Gasteiger partial charge in [0, 0.05) is 6.38 Å². The molecule has 0 saturated heterocycles. The van der Waals surface area contributed by atoms with Gasteiger partial charge in [-0.15, -0.1) is 11.6 Å². The van der Waals surface area contributed by atoms with Crippen LogP contribution < -0.4 is 0 Å². The topological polar surface area (TPSA) is 54.0 Å². The van der Waals surface area contributed by atoms with Gasteiger partial charge in [0.05, 0.1) is 6.10 Å². The molecule has 0 heterocycles. The predicted octanol–water partition coefficient (Wildman–Crippen LogP) is 1.10. The Morgan fingerprint density at radius 2 is 1.22 bits per heavy atom. The molecule has 0 rings (SSSR count). The van der Waals surface area contributed by atoms with E-state index in [0.717, 1.165) is 0 Å². The van der Waals surface area contributed by atoms with Crippen LogP contribution in [-0.4, -0.2) is 18.6 Å². The second-order valence-corrected chi connectivity index (χ2v) is 1.13. The zero-order valence-electron chi connectivity index (χ0n) is 5.68. The Hall–Kier alpha value is -0.370. The van der Waals surface area contributed by atoms with Crippen molar-refractivity contribution in [2.24, 2.45) is 0 Å². The molecule has 0 aliphatic carbocycles. The van der Waals surface area contributed by atoms with Crippen molar-refractivity contribution in [3.63, 3.8) is 0 Å². The van der Waals surface area contributed by atoms with E-state index < -0.39 is 6.10 Å². The number of alkyl halides is 1. The van der Waals surface area contributed by atoms with Gasteiger partial charge in [-0.3, -0.25) is 0 Å². The monoisotopic (exact) mass is 153 g/mol. The Balaban J connectivity index is -0.0000000646. The van der Waals surface area contributed by atoms with Gasteiger partial charge < -0.3 is 0 Å². The van der Waals surface area contributed by atoms with Crippen LogP contribution in [0.5, 0.6) is 0 Å². The van der Waals surface area contributed by atoms with Gasteiger partial charge in [0.15, 0.2) is 0 Å². The van der Waals surface area contributed by atoms with Crippen LogP contribution >= 0.6 is 11.6 Å². The fraction of sp³-hybridized carbons (Fsp3) is 0.800. The summed E-state index contributed by atoms with van der Waals surface area (Å²) in [5.74, 6) is 0. The molecular formula is C5H10ClO3. The summed E-state index contributed by atoms with van der Waals surface area (Å²) in [6, 6.07) is 0. The molecule has 0 aromatic rings. The summed E-state index contributed by atoms with van der Waals surface area (Å²) < 4.78 is 0. The van der Waals surface area contributed by atoms with Crippen molar-refractivity contribution in [1.82, 2.24) is 0 Å². The summed E-state index contributed by atoms with van der Waals surface area (Å²) in [6.45, 7) is 3.22. The predicted molar refractivity (Wildman–Crippen MR) is 32.6 cm³/mol. The molecular weight excluding hydrogens is 144 g/mol. The summed E-state index contributed by atoms with van der Waals surface area (Å²) in [5, 5.41) is 9.53. The molecule has 0 aliphatic heterocycles. The average molecular weight is 154 g/mol. The first kappa shape index (κ1) is 15.9. The van der Waals surface area contributed by atoms with Crippen molar-refractivity contribution < 1.29 is 14.7 Å². The maximum atomic E-state index is 9.53. The fourth-order valence-electron chi connectivity index (χ4n) is 0. The Kier molecular flexibility index (Phi) is 44.8. The SMILES string of the molecule is CC(C)[O].CCl.O=C=O. The van der Waals surface area contributed by atoms with Gasteiger partial charge in [0.1, 0.15) is 0 Å². The first-order valence-corrected chi connectivity index (χ1v) is 2.93. The van der Waals surface area contributed by atoms with E-state index >= 15 is 0 Å². The molecule has 0 amide bonds. The molecule has 0 spiro atoms. The second kappa shape index (κ2) is 25.5. The Morgan fingerprint density at radius 1 is 1.22 bits per heavy atom. The molecule has 0 atom stereocenters. The molecule has 3 nitrogen and oxygen atoms in total. The molecule has 0 fully saturated rings. The molecule has 55 valence electrons. The van der Waals surface area contributed by atoms with Gasteiger partial charge in [-0.05, 0) is 13.8 Å². The van der Waals surface area contributed by atoms with Crippen LogP contribution in [0.2, 0.25) is 0 Å². The number of halogens is 1. The Bertz CT molecular complexity index is 54.5. The van der Waals surface area contributed by atoms with E-state index in [1.165, 1.54) is 6.38 Å². The van der Waals surface area contributed by atoms with Crippen LogP contribution in [0, 0.1) is 0 Å². The lowest BCUT2D eigenvalue weighted by molar-refractivity contribution is -0.191. The van der Waals surface area contributed by atoms with Gasteiger partial charge in [0.25, 0.3) is 0 Å². The van der Waals surface area contributed by atoms with E-state index in [0.29, 0.717) is 0 Å². The molecule has 0 aromatic carbocycles.